The molecule has 0 unspecified atom stereocenters. The molecule has 0 aliphatic carbocycles. The Balaban J connectivity index is 2.67. The molecule has 1 aromatic heterocycles. The van der Waals surface area contributed by atoms with Gasteiger partial charge in [-0.15, -0.1) is 0 Å². The lowest BCUT2D eigenvalue weighted by atomic mass is 10.1. The SMILES string of the molecule is Cc1ccnc(-c2cc(Cl)ccc2Cl)c1N. The zero-order chi connectivity index (χ0) is 11.7. The van der Waals surface area contributed by atoms with Gasteiger partial charge in [0.1, 0.15) is 0 Å². The van der Waals surface area contributed by atoms with E-state index in [-0.39, 0.29) is 0 Å². The van der Waals surface area contributed by atoms with E-state index >= 15 is 0 Å². The number of aryl methyl sites for hydroxylation is 1. The number of nitrogens with two attached hydrogens (primary N) is 1. The molecule has 0 aliphatic heterocycles. The monoisotopic (exact) mass is 252 g/mol. The zero-order valence-electron chi connectivity index (χ0n) is 8.67. The average molecular weight is 253 g/mol. The lowest BCUT2D eigenvalue weighted by Crippen LogP contribution is -1.96. The van der Waals surface area contributed by atoms with Gasteiger partial charge in [0, 0.05) is 16.8 Å². The minimum absolute atomic E-state index is 0.592. The molecule has 2 aromatic rings. The number of aromatic nitrogens is 1. The largest absolute Gasteiger partial charge is 0.397 e. The van der Waals surface area contributed by atoms with Crippen LogP contribution in [0.3, 0.4) is 0 Å². The van der Waals surface area contributed by atoms with Gasteiger partial charge in [0.05, 0.1) is 16.4 Å². The first-order valence-corrected chi connectivity index (χ1v) is 5.51. The number of nitrogen functional groups attached to an aromatic ring is 1. The van der Waals surface area contributed by atoms with Crippen molar-refractivity contribution in [3.63, 3.8) is 0 Å². The molecule has 4 heteroatoms. The highest BCUT2D eigenvalue weighted by molar-refractivity contribution is 6.35. The molecule has 1 heterocycles. The third-order valence-electron chi connectivity index (χ3n) is 2.39. The van der Waals surface area contributed by atoms with Crippen LogP contribution in [0.15, 0.2) is 30.5 Å². The summed E-state index contributed by atoms with van der Waals surface area (Å²) in [6.45, 7) is 1.93. The van der Waals surface area contributed by atoms with Crippen molar-refractivity contribution >= 4 is 28.9 Å². The van der Waals surface area contributed by atoms with Gasteiger partial charge in [-0.1, -0.05) is 23.2 Å². The molecule has 0 saturated carbocycles. The van der Waals surface area contributed by atoms with Crippen molar-refractivity contribution in [1.82, 2.24) is 4.98 Å². The summed E-state index contributed by atoms with van der Waals surface area (Å²) in [4.78, 5) is 4.24. The van der Waals surface area contributed by atoms with Crippen molar-refractivity contribution in [1.29, 1.82) is 0 Å². The van der Waals surface area contributed by atoms with Crippen molar-refractivity contribution < 1.29 is 0 Å². The number of anilines is 1. The molecule has 0 aliphatic rings. The standard InChI is InChI=1S/C12H10Cl2N2/c1-7-4-5-16-12(11(7)15)9-6-8(13)2-3-10(9)14/h2-6H,15H2,1H3. The van der Waals surface area contributed by atoms with Crippen LogP contribution in [0.5, 0.6) is 0 Å². The number of nitrogens with zero attached hydrogens (tertiary/aromatic N) is 1. The Morgan fingerprint density at radius 1 is 1.19 bits per heavy atom. The number of hydrogen-bond acceptors (Lipinski definition) is 2. The fourth-order valence-electron chi connectivity index (χ4n) is 1.46. The smallest absolute Gasteiger partial charge is 0.0949 e. The van der Waals surface area contributed by atoms with Crippen LogP contribution in [0.2, 0.25) is 10.0 Å². The number of hydrogen-bond donors (Lipinski definition) is 1. The second-order valence-corrected chi connectivity index (χ2v) is 4.36. The van der Waals surface area contributed by atoms with Crippen molar-refractivity contribution in [2.75, 3.05) is 5.73 Å². The Morgan fingerprint density at radius 2 is 1.94 bits per heavy atom. The highest BCUT2D eigenvalue weighted by atomic mass is 35.5. The molecular weight excluding hydrogens is 243 g/mol. The van der Waals surface area contributed by atoms with Crippen LogP contribution in [0, 0.1) is 6.92 Å². The van der Waals surface area contributed by atoms with E-state index < -0.39 is 0 Å². The van der Waals surface area contributed by atoms with Crippen molar-refractivity contribution in [3.05, 3.63) is 46.1 Å². The number of rotatable bonds is 1. The predicted octanol–water partition coefficient (Wildman–Crippen LogP) is 3.95. The van der Waals surface area contributed by atoms with Gasteiger partial charge in [-0.3, -0.25) is 4.98 Å². The fraction of sp³-hybridized carbons (Fsp3) is 0.0833. The molecule has 1 aromatic carbocycles. The van der Waals surface area contributed by atoms with Gasteiger partial charge < -0.3 is 5.73 Å². The second-order valence-electron chi connectivity index (χ2n) is 3.51. The molecule has 0 radical (unpaired) electrons. The molecular formula is C12H10Cl2N2. The Morgan fingerprint density at radius 3 is 2.69 bits per heavy atom. The summed E-state index contributed by atoms with van der Waals surface area (Å²) in [5.41, 5.74) is 9.01. The summed E-state index contributed by atoms with van der Waals surface area (Å²) in [6.07, 6.45) is 1.71. The summed E-state index contributed by atoms with van der Waals surface area (Å²) in [6, 6.07) is 7.10. The van der Waals surface area contributed by atoms with Crippen LogP contribution in [0.25, 0.3) is 11.3 Å². The predicted molar refractivity (Wildman–Crippen MR) is 68.8 cm³/mol. The van der Waals surface area contributed by atoms with E-state index in [1.54, 1.807) is 24.4 Å². The molecule has 0 atom stereocenters. The molecule has 2 nitrogen and oxygen atoms in total. The Hall–Kier alpha value is -1.25. The van der Waals surface area contributed by atoms with Crippen LogP contribution >= 0.6 is 23.2 Å². The summed E-state index contributed by atoms with van der Waals surface area (Å²) >= 11 is 12.0. The first-order chi connectivity index (χ1) is 7.59. The Labute approximate surface area is 104 Å². The third-order valence-corrected chi connectivity index (χ3v) is 2.96. The van der Waals surface area contributed by atoms with E-state index in [1.807, 2.05) is 13.0 Å². The van der Waals surface area contributed by atoms with Gasteiger partial charge in [-0.05, 0) is 36.8 Å². The van der Waals surface area contributed by atoms with E-state index in [0.29, 0.717) is 21.4 Å². The van der Waals surface area contributed by atoms with Gasteiger partial charge >= 0.3 is 0 Å². The molecule has 16 heavy (non-hydrogen) atoms. The van der Waals surface area contributed by atoms with Gasteiger partial charge in [0.25, 0.3) is 0 Å². The minimum atomic E-state index is 0.592. The topological polar surface area (TPSA) is 38.9 Å². The summed E-state index contributed by atoms with van der Waals surface area (Å²) < 4.78 is 0. The molecule has 0 bridgehead atoms. The third kappa shape index (κ3) is 1.99. The van der Waals surface area contributed by atoms with Crippen LogP contribution in [0.4, 0.5) is 5.69 Å². The number of pyridine rings is 1. The fourth-order valence-corrected chi connectivity index (χ4v) is 1.84. The molecule has 0 spiro atoms. The first kappa shape index (κ1) is 11.2. The lowest BCUT2D eigenvalue weighted by molar-refractivity contribution is 1.29. The quantitative estimate of drug-likeness (QED) is 0.835. The maximum absolute atomic E-state index is 6.10. The minimum Gasteiger partial charge on any atom is -0.397 e. The summed E-state index contributed by atoms with van der Waals surface area (Å²) in [5.74, 6) is 0. The van der Waals surface area contributed by atoms with Crippen LogP contribution in [-0.2, 0) is 0 Å². The maximum atomic E-state index is 6.10. The summed E-state index contributed by atoms with van der Waals surface area (Å²) in [5, 5.41) is 1.20. The second kappa shape index (κ2) is 4.32. The number of benzene rings is 1. The van der Waals surface area contributed by atoms with Gasteiger partial charge in [0.15, 0.2) is 0 Å². The highest BCUT2D eigenvalue weighted by Crippen LogP contribution is 2.33. The first-order valence-electron chi connectivity index (χ1n) is 4.76. The molecule has 82 valence electrons. The molecule has 2 rings (SSSR count). The summed E-state index contributed by atoms with van der Waals surface area (Å²) in [7, 11) is 0. The number of halogens is 2. The van der Waals surface area contributed by atoms with E-state index in [1.165, 1.54) is 0 Å². The molecule has 0 fully saturated rings. The van der Waals surface area contributed by atoms with Gasteiger partial charge in [0.2, 0.25) is 0 Å². The van der Waals surface area contributed by atoms with E-state index in [9.17, 15) is 0 Å². The van der Waals surface area contributed by atoms with E-state index in [0.717, 1.165) is 11.1 Å². The maximum Gasteiger partial charge on any atom is 0.0949 e. The molecule has 0 amide bonds. The highest BCUT2D eigenvalue weighted by Gasteiger charge is 2.10. The normalized spacial score (nSPS) is 10.4. The van der Waals surface area contributed by atoms with E-state index in [2.05, 4.69) is 4.98 Å². The average Bonchev–Trinajstić information content (AvgIpc) is 2.26. The Kier molecular flexibility index (Phi) is 3.03. The van der Waals surface area contributed by atoms with Crippen LogP contribution < -0.4 is 5.73 Å². The van der Waals surface area contributed by atoms with Crippen molar-refractivity contribution in [2.45, 2.75) is 6.92 Å². The van der Waals surface area contributed by atoms with Crippen LogP contribution in [0.1, 0.15) is 5.56 Å². The zero-order valence-corrected chi connectivity index (χ0v) is 10.2. The van der Waals surface area contributed by atoms with Gasteiger partial charge in [-0.25, -0.2) is 0 Å². The van der Waals surface area contributed by atoms with Gasteiger partial charge in [-0.2, -0.15) is 0 Å². The lowest BCUT2D eigenvalue weighted by Gasteiger charge is -2.09. The Bertz CT molecular complexity index is 539. The molecule has 0 saturated heterocycles. The molecule has 2 N–H and O–H groups in total. The van der Waals surface area contributed by atoms with E-state index in [4.69, 9.17) is 28.9 Å². The van der Waals surface area contributed by atoms with Crippen LogP contribution in [-0.4, -0.2) is 4.98 Å². The van der Waals surface area contributed by atoms with Crippen molar-refractivity contribution in [2.24, 2.45) is 0 Å². The van der Waals surface area contributed by atoms with Crippen molar-refractivity contribution in [3.8, 4) is 11.3 Å².